The molecule has 1 aliphatic heterocycles. The van der Waals surface area contributed by atoms with Crippen LogP contribution in [0.25, 0.3) is 0 Å². The second-order valence-corrected chi connectivity index (χ2v) is 11.2. The van der Waals surface area contributed by atoms with E-state index in [-0.39, 0.29) is 23.0 Å². The van der Waals surface area contributed by atoms with E-state index in [4.69, 9.17) is 0 Å². The molecule has 1 aliphatic rings. The molecule has 3 aromatic rings. The topological polar surface area (TPSA) is 89.3 Å². The van der Waals surface area contributed by atoms with Crippen molar-refractivity contribution in [3.63, 3.8) is 0 Å². The first-order valence-electron chi connectivity index (χ1n) is 9.12. The molecular weight excluding hydrogens is 410 g/mol. The van der Waals surface area contributed by atoms with Gasteiger partial charge in [0, 0.05) is 32.3 Å². The lowest BCUT2D eigenvalue weighted by Gasteiger charge is -2.19. The summed E-state index contributed by atoms with van der Waals surface area (Å²) in [5.41, 5.74) is 0.802. The minimum absolute atomic E-state index is 0.0791. The Labute approximate surface area is 170 Å². The van der Waals surface area contributed by atoms with Crippen LogP contribution < -0.4 is 0 Å². The highest BCUT2D eigenvalue weighted by Gasteiger charge is 2.47. The SMILES string of the molecule is Cn1cnc(S(=O)(=O)N2CC(c3ccccc3)C(S(=O)(=O)c3ccccc3)C2)c1. The maximum Gasteiger partial charge on any atom is 0.262 e. The molecule has 0 bridgehead atoms. The van der Waals surface area contributed by atoms with Gasteiger partial charge in [-0.15, -0.1) is 0 Å². The Morgan fingerprint density at radius 1 is 0.897 bits per heavy atom. The van der Waals surface area contributed by atoms with E-state index < -0.39 is 31.0 Å². The van der Waals surface area contributed by atoms with Gasteiger partial charge in [-0.25, -0.2) is 21.8 Å². The van der Waals surface area contributed by atoms with Gasteiger partial charge in [0.15, 0.2) is 14.9 Å². The normalized spacial score (nSPS) is 20.7. The van der Waals surface area contributed by atoms with Crippen molar-refractivity contribution in [2.75, 3.05) is 13.1 Å². The number of sulfone groups is 1. The lowest BCUT2D eigenvalue weighted by Crippen LogP contribution is -2.32. The third-order valence-electron chi connectivity index (χ3n) is 5.22. The number of hydrogen-bond donors (Lipinski definition) is 0. The van der Waals surface area contributed by atoms with E-state index >= 15 is 0 Å². The smallest absolute Gasteiger partial charge is 0.262 e. The molecule has 7 nitrogen and oxygen atoms in total. The zero-order valence-electron chi connectivity index (χ0n) is 15.8. The van der Waals surface area contributed by atoms with Gasteiger partial charge in [0.2, 0.25) is 0 Å². The molecule has 0 saturated carbocycles. The summed E-state index contributed by atoms with van der Waals surface area (Å²) in [5.74, 6) is -0.472. The molecule has 152 valence electrons. The van der Waals surface area contributed by atoms with Crippen LogP contribution in [0.4, 0.5) is 0 Å². The summed E-state index contributed by atoms with van der Waals surface area (Å²) >= 11 is 0. The molecule has 2 aromatic carbocycles. The van der Waals surface area contributed by atoms with Gasteiger partial charge in [-0.2, -0.15) is 4.31 Å². The Hall–Kier alpha value is -2.49. The van der Waals surface area contributed by atoms with Crippen molar-refractivity contribution in [2.45, 2.75) is 21.1 Å². The van der Waals surface area contributed by atoms with Crippen LogP contribution in [-0.2, 0) is 26.9 Å². The number of rotatable bonds is 5. The number of sulfonamides is 1. The first kappa shape index (κ1) is 19.8. The number of aryl methyl sites for hydroxylation is 1. The van der Waals surface area contributed by atoms with Crippen molar-refractivity contribution < 1.29 is 16.8 Å². The van der Waals surface area contributed by atoms with Crippen molar-refractivity contribution in [2.24, 2.45) is 7.05 Å². The fraction of sp³-hybridized carbons (Fsp3) is 0.250. The molecule has 0 aliphatic carbocycles. The second-order valence-electron chi connectivity index (χ2n) is 7.11. The average molecular weight is 432 g/mol. The molecule has 1 aromatic heterocycles. The third kappa shape index (κ3) is 3.61. The average Bonchev–Trinajstić information content (AvgIpc) is 3.37. The highest BCUT2D eigenvalue weighted by Crippen LogP contribution is 2.37. The van der Waals surface area contributed by atoms with E-state index in [1.165, 1.54) is 16.8 Å². The molecule has 0 radical (unpaired) electrons. The summed E-state index contributed by atoms with van der Waals surface area (Å²) in [5, 5.41) is -0.963. The quantitative estimate of drug-likeness (QED) is 0.617. The lowest BCUT2D eigenvalue weighted by atomic mass is 9.98. The fourth-order valence-corrected chi connectivity index (χ4v) is 7.20. The zero-order valence-corrected chi connectivity index (χ0v) is 17.4. The Bertz CT molecular complexity index is 1210. The van der Waals surface area contributed by atoms with Gasteiger partial charge in [-0.05, 0) is 17.7 Å². The summed E-state index contributed by atoms with van der Waals surface area (Å²) in [7, 11) is -5.95. The van der Waals surface area contributed by atoms with Gasteiger partial charge in [0.1, 0.15) is 0 Å². The van der Waals surface area contributed by atoms with E-state index in [9.17, 15) is 16.8 Å². The fourth-order valence-electron chi connectivity index (χ4n) is 3.71. The number of benzene rings is 2. The van der Waals surface area contributed by atoms with Crippen LogP contribution in [0.15, 0.2) is 83.1 Å². The number of aromatic nitrogens is 2. The van der Waals surface area contributed by atoms with Crippen molar-refractivity contribution in [3.8, 4) is 0 Å². The maximum absolute atomic E-state index is 13.4. The van der Waals surface area contributed by atoms with E-state index in [2.05, 4.69) is 4.98 Å². The monoisotopic (exact) mass is 431 g/mol. The predicted molar refractivity (Wildman–Crippen MR) is 109 cm³/mol. The van der Waals surface area contributed by atoms with Crippen molar-refractivity contribution >= 4 is 19.9 Å². The highest BCUT2D eigenvalue weighted by molar-refractivity contribution is 7.92. The molecule has 1 saturated heterocycles. The molecule has 0 spiro atoms. The first-order chi connectivity index (χ1) is 13.8. The zero-order chi connectivity index (χ0) is 20.6. The van der Waals surface area contributed by atoms with Crippen molar-refractivity contribution in [1.82, 2.24) is 13.9 Å². The van der Waals surface area contributed by atoms with Crippen LogP contribution in [0.2, 0.25) is 0 Å². The van der Waals surface area contributed by atoms with Gasteiger partial charge in [-0.3, -0.25) is 0 Å². The van der Waals surface area contributed by atoms with Crippen LogP contribution in [0.5, 0.6) is 0 Å². The van der Waals surface area contributed by atoms with Gasteiger partial charge in [0.25, 0.3) is 10.0 Å². The third-order valence-corrected chi connectivity index (χ3v) is 9.14. The van der Waals surface area contributed by atoms with Crippen molar-refractivity contribution in [1.29, 1.82) is 0 Å². The Balaban J connectivity index is 1.77. The molecule has 0 N–H and O–H groups in total. The summed E-state index contributed by atoms with van der Waals surface area (Å²) in [6.45, 7) is -0.0324. The summed E-state index contributed by atoms with van der Waals surface area (Å²) in [6, 6.07) is 17.4. The van der Waals surface area contributed by atoms with Crippen LogP contribution in [-0.4, -0.2) is 49.0 Å². The molecule has 2 heterocycles. The molecule has 0 amide bonds. The van der Waals surface area contributed by atoms with Crippen LogP contribution in [0.3, 0.4) is 0 Å². The van der Waals surface area contributed by atoms with Gasteiger partial charge in [0.05, 0.1) is 16.5 Å². The molecule has 1 fully saturated rings. The van der Waals surface area contributed by atoms with Gasteiger partial charge >= 0.3 is 0 Å². The Morgan fingerprint density at radius 2 is 1.52 bits per heavy atom. The van der Waals surface area contributed by atoms with E-state index in [1.54, 1.807) is 41.9 Å². The number of nitrogens with zero attached hydrogens (tertiary/aromatic N) is 3. The largest absolute Gasteiger partial charge is 0.339 e. The molecule has 2 unspecified atom stereocenters. The van der Waals surface area contributed by atoms with Crippen LogP contribution in [0.1, 0.15) is 11.5 Å². The van der Waals surface area contributed by atoms with E-state index in [0.29, 0.717) is 0 Å². The van der Waals surface area contributed by atoms with Crippen molar-refractivity contribution in [3.05, 3.63) is 78.8 Å². The maximum atomic E-state index is 13.4. The highest BCUT2D eigenvalue weighted by atomic mass is 32.2. The van der Waals surface area contributed by atoms with Crippen LogP contribution >= 0.6 is 0 Å². The summed E-state index contributed by atoms with van der Waals surface area (Å²) < 4.78 is 55.7. The second kappa shape index (κ2) is 7.40. The number of imidazole rings is 1. The molecular formula is C20H21N3O4S2. The Morgan fingerprint density at radius 3 is 2.10 bits per heavy atom. The summed E-state index contributed by atoms with van der Waals surface area (Å²) in [4.78, 5) is 4.16. The minimum Gasteiger partial charge on any atom is -0.339 e. The Kier molecular flexibility index (Phi) is 5.05. The first-order valence-corrected chi connectivity index (χ1v) is 12.1. The minimum atomic E-state index is -3.90. The van der Waals surface area contributed by atoms with E-state index in [0.717, 1.165) is 5.56 Å². The number of hydrogen-bond acceptors (Lipinski definition) is 5. The summed E-state index contributed by atoms with van der Waals surface area (Å²) in [6.07, 6.45) is 2.84. The van der Waals surface area contributed by atoms with Gasteiger partial charge in [-0.1, -0.05) is 48.5 Å². The molecule has 4 rings (SSSR count). The van der Waals surface area contributed by atoms with E-state index in [1.807, 2.05) is 30.3 Å². The molecule has 2 atom stereocenters. The van der Waals surface area contributed by atoms with Gasteiger partial charge < -0.3 is 4.57 Å². The molecule has 9 heteroatoms. The van der Waals surface area contributed by atoms with Crippen LogP contribution in [0, 0.1) is 0 Å². The predicted octanol–water partition coefficient (Wildman–Crippen LogP) is 2.05. The molecule has 29 heavy (non-hydrogen) atoms. The standard InChI is InChI=1S/C20H21N3O4S2/c1-22-14-20(21-15-22)29(26,27)23-12-18(16-8-4-2-5-9-16)19(13-23)28(24,25)17-10-6-3-7-11-17/h2-11,14-15,18-19H,12-13H2,1H3. The lowest BCUT2D eigenvalue weighted by molar-refractivity contribution is 0.470.